The van der Waals surface area contributed by atoms with Crippen molar-refractivity contribution in [3.8, 4) is 0 Å². The molecule has 29 heavy (non-hydrogen) atoms. The van der Waals surface area contributed by atoms with Gasteiger partial charge in [-0.05, 0) is 32.3 Å². The van der Waals surface area contributed by atoms with Gasteiger partial charge in [0.1, 0.15) is 0 Å². The first kappa shape index (κ1) is 25.5. The van der Waals surface area contributed by atoms with Gasteiger partial charge in [0.15, 0.2) is 5.96 Å². The number of halogens is 1. The second kappa shape index (κ2) is 15.3. The second-order valence-electron chi connectivity index (χ2n) is 6.65. The number of rotatable bonds is 9. The highest BCUT2D eigenvalue weighted by atomic mass is 127. The maximum Gasteiger partial charge on any atom is 0.409 e. The molecule has 0 radical (unpaired) electrons. The van der Waals surface area contributed by atoms with Crippen molar-refractivity contribution < 1.29 is 14.3 Å². The van der Waals surface area contributed by atoms with E-state index >= 15 is 0 Å². The number of benzene rings is 1. The summed E-state index contributed by atoms with van der Waals surface area (Å²) >= 11 is 0. The van der Waals surface area contributed by atoms with Crippen LogP contribution < -0.4 is 5.32 Å². The van der Waals surface area contributed by atoms with Gasteiger partial charge in [0, 0.05) is 45.9 Å². The van der Waals surface area contributed by atoms with Crippen molar-refractivity contribution in [1.29, 1.82) is 0 Å². The Hall–Kier alpha value is -1.55. The summed E-state index contributed by atoms with van der Waals surface area (Å²) in [6.07, 6.45) is 1.76. The minimum Gasteiger partial charge on any atom is -0.450 e. The number of amides is 1. The van der Waals surface area contributed by atoms with Crippen LogP contribution in [0, 0.1) is 0 Å². The first-order chi connectivity index (χ1) is 13.7. The van der Waals surface area contributed by atoms with Crippen LogP contribution in [0.2, 0.25) is 0 Å². The van der Waals surface area contributed by atoms with E-state index in [1.807, 2.05) is 25.1 Å². The summed E-state index contributed by atoms with van der Waals surface area (Å²) < 4.78 is 10.8. The molecule has 0 atom stereocenters. The van der Waals surface area contributed by atoms with E-state index in [1.165, 1.54) is 5.56 Å². The molecule has 8 heteroatoms. The lowest BCUT2D eigenvalue weighted by atomic mass is 10.2. The summed E-state index contributed by atoms with van der Waals surface area (Å²) in [5.41, 5.74) is 1.21. The summed E-state index contributed by atoms with van der Waals surface area (Å²) in [5.74, 6) is 0.927. The van der Waals surface area contributed by atoms with Gasteiger partial charge in [0.25, 0.3) is 0 Å². The van der Waals surface area contributed by atoms with Crippen molar-refractivity contribution in [1.82, 2.24) is 15.1 Å². The number of nitrogens with one attached hydrogen (secondary N) is 1. The third-order valence-electron chi connectivity index (χ3n) is 4.51. The highest BCUT2D eigenvalue weighted by molar-refractivity contribution is 14.0. The largest absolute Gasteiger partial charge is 0.450 e. The summed E-state index contributed by atoms with van der Waals surface area (Å²) in [6, 6.07) is 10.2. The fourth-order valence-corrected chi connectivity index (χ4v) is 3.01. The van der Waals surface area contributed by atoms with Gasteiger partial charge in [-0.3, -0.25) is 4.99 Å². The van der Waals surface area contributed by atoms with Crippen LogP contribution in [0.5, 0.6) is 0 Å². The van der Waals surface area contributed by atoms with Crippen LogP contribution in [0.15, 0.2) is 35.3 Å². The van der Waals surface area contributed by atoms with Gasteiger partial charge in [0.2, 0.25) is 0 Å². The molecular formula is C21H35IN4O3. The maximum absolute atomic E-state index is 11.8. The van der Waals surface area contributed by atoms with Crippen LogP contribution in [-0.4, -0.2) is 74.3 Å². The lowest BCUT2D eigenvalue weighted by Crippen LogP contribution is -2.53. The fourth-order valence-electron chi connectivity index (χ4n) is 3.01. The molecule has 0 aliphatic carbocycles. The molecule has 7 nitrogen and oxygen atoms in total. The highest BCUT2D eigenvalue weighted by Crippen LogP contribution is 2.05. The standard InChI is InChI=1S/C21H34N4O3.HI/c1-3-22-20(24-13-15-25(16-14-24)21(26)28-4-2)23-12-8-9-17-27-18-19-10-6-5-7-11-19;/h5-7,10-11H,3-4,8-9,12-18H2,1-2H3,(H,22,23);1H. The normalized spacial score (nSPS) is 14.3. The minimum atomic E-state index is -0.223. The van der Waals surface area contributed by atoms with Crippen LogP contribution in [0.4, 0.5) is 4.79 Å². The van der Waals surface area contributed by atoms with Gasteiger partial charge in [-0.25, -0.2) is 4.79 Å². The van der Waals surface area contributed by atoms with Crippen molar-refractivity contribution in [2.24, 2.45) is 4.99 Å². The Bertz CT molecular complexity index is 593. The predicted octanol–water partition coefficient (Wildman–Crippen LogP) is 3.34. The van der Waals surface area contributed by atoms with Crippen molar-refractivity contribution in [2.45, 2.75) is 33.3 Å². The summed E-state index contributed by atoms with van der Waals surface area (Å²) in [7, 11) is 0. The smallest absolute Gasteiger partial charge is 0.409 e. The molecule has 0 spiro atoms. The number of unbranched alkanes of at least 4 members (excludes halogenated alkanes) is 1. The molecule has 164 valence electrons. The second-order valence-corrected chi connectivity index (χ2v) is 6.65. The van der Waals surface area contributed by atoms with Crippen molar-refractivity contribution in [2.75, 3.05) is 52.5 Å². The Labute approximate surface area is 191 Å². The molecule has 2 rings (SSSR count). The first-order valence-electron chi connectivity index (χ1n) is 10.3. The zero-order valence-corrected chi connectivity index (χ0v) is 20.0. The number of aliphatic imine (C=N–C) groups is 1. The Morgan fingerprint density at radius 3 is 2.41 bits per heavy atom. The zero-order chi connectivity index (χ0) is 20.0. The number of carbonyl (C=O) groups is 1. The number of nitrogens with zero attached hydrogens (tertiary/aromatic N) is 3. The van der Waals surface area contributed by atoms with E-state index in [4.69, 9.17) is 14.5 Å². The van der Waals surface area contributed by atoms with Crippen LogP contribution >= 0.6 is 24.0 Å². The zero-order valence-electron chi connectivity index (χ0n) is 17.6. The van der Waals surface area contributed by atoms with Crippen molar-refractivity contribution in [3.63, 3.8) is 0 Å². The van der Waals surface area contributed by atoms with E-state index in [0.29, 0.717) is 26.3 Å². The molecule has 1 aromatic carbocycles. The average molecular weight is 518 g/mol. The van der Waals surface area contributed by atoms with Gasteiger partial charge in [0.05, 0.1) is 13.2 Å². The number of hydrogen-bond donors (Lipinski definition) is 1. The molecule has 1 aliphatic heterocycles. The highest BCUT2D eigenvalue weighted by Gasteiger charge is 2.23. The van der Waals surface area contributed by atoms with Crippen molar-refractivity contribution >= 4 is 36.0 Å². The number of ether oxygens (including phenoxy) is 2. The quantitative estimate of drug-likeness (QED) is 0.235. The molecule has 1 fully saturated rings. The van der Waals surface area contributed by atoms with E-state index in [0.717, 1.165) is 51.6 Å². The number of guanidine groups is 1. The Kier molecular flexibility index (Phi) is 13.5. The average Bonchev–Trinajstić information content (AvgIpc) is 2.73. The van der Waals surface area contributed by atoms with Gasteiger partial charge in [-0.2, -0.15) is 0 Å². The lowest BCUT2D eigenvalue weighted by Gasteiger charge is -2.35. The number of hydrogen-bond acceptors (Lipinski definition) is 4. The van der Waals surface area contributed by atoms with Crippen LogP contribution in [0.3, 0.4) is 0 Å². The van der Waals surface area contributed by atoms with Gasteiger partial charge in [-0.15, -0.1) is 24.0 Å². The third-order valence-corrected chi connectivity index (χ3v) is 4.51. The summed E-state index contributed by atoms with van der Waals surface area (Å²) in [5, 5.41) is 3.36. The lowest BCUT2D eigenvalue weighted by molar-refractivity contribution is 0.0914. The molecule has 1 amide bonds. The third kappa shape index (κ3) is 9.66. The maximum atomic E-state index is 11.8. The molecule has 0 unspecified atom stereocenters. The van der Waals surface area contributed by atoms with Gasteiger partial charge >= 0.3 is 6.09 Å². The Morgan fingerprint density at radius 2 is 1.76 bits per heavy atom. The Balaban J connectivity index is 0.00000420. The molecule has 1 aromatic rings. The van der Waals surface area contributed by atoms with E-state index in [9.17, 15) is 4.79 Å². The SMILES string of the molecule is CCNC(=NCCCCOCc1ccccc1)N1CCN(C(=O)OCC)CC1.I. The number of piperazine rings is 1. The number of carbonyl (C=O) groups excluding carboxylic acids is 1. The fraction of sp³-hybridized carbons (Fsp3) is 0.619. The van der Waals surface area contributed by atoms with Crippen LogP contribution in [0.25, 0.3) is 0 Å². The van der Waals surface area contributed by atoms with Gasteiger partial charge < -0.3 is 24.6 Å². The van der Waals surface area contributed by atoms with Crippen LogP contribution in [0.1, 0.15) is 32.3 Å². The molecular weight excluding hydrogens is 483 g/mol. The monoisotopic (exact) mass is 518 g/mol. The van der Waals surface area contributed by atoms with E-state index in [2.05, 4.69) is 29.3 Å². The molecule has 0 bridgehead atoms. The Morgan fingerprint density at radius 1 is 1.07 bits per heavy atom. The molecule has 1 aliphatic rings. The first-order valence-corrected chi connectivity index (χ1v) is 10.3. The van der Waals surface area contributed by atoms with E-state index in [1.54, 1.807) is 4.90 Å². The molecule has 1 saturated heterocycles. The van der Waals surface area contributed by atoms with Gasteiger partial charge in [-0.1, -0.05) is 30.3 Å². The summed E-state index contributed by atoms with van der Waals surface area (Å²) in [6.45, 7) is 10.2. The molecule has 0 saturated carbocycles. The topological polar surface area (TPSA) is 66.4 Å². The molecule has 1 N–H and O–H groups in total. The van der Waals surface area contributed by atoms with E-state index < -0.39 is 0 Å². The van der Waals surface area contributed by atoms with Crippen LogP contribution in [-0.2, 0) is 16.1 Å². The van der Waals surface area contributed by atoms with Crippen molar-refractivity contribution in [3.05, 3.63) is 35.9 Å². The predicted molar refractivity (Wildman–Crippen MR) is 127 cm³/mol. The molecule has 0 aromatic heterocycles. The minimum absolute atomic E-state index is 0. The summed E-state index contributed by atoms with van der Waals surface area (Å²) in [4.78, 5) is 20.5. The molecule has 1 heterocycles. The van der Waals surface area contributed by atoms with E-state index in [-0.39, 0.29) is 30.1 Å².